The Labute approximate surface area is 169 Å². The molecule has 0 fully saturated rings. The quantitative estimate of drug-likeness (QED) is 0.640. The maximum atomic E-state index is 13.3. The molecule has 0 radical (unpaired) electrons. The Morgan fingerprint density at radius 3 is 2.62 bits per heavy atom. The molecule has 0 spiro atoms. The molecule has 1 aromatic carbocycles. The second kappa shape index (κ2) is 10.5. The van der Waals surface area contributed by atoms with Gasteiger partial charge in [-0.2, -0.15) is 0 Å². The van der Waals surface area contributed by atoms with Crippen molar-refractivity contribution in [1.82, 2.24) is 15.6 Å². The normalized spacial score (nSPS) is 10.5. The second-order valence-corrected chi connectivity index (χ2v) is 6.20. The summed E-state index contributed by atoms with van der Waals surface area (Å²) in [6.45, 7) is 3.50. The number of benzene rings is 1. The number of hydrogen-bond acceptors (Lipinski definition) is 4. The Kier molecular flexibility index (Phi) is 8.02. The Hall–Kier alpha value is -3.07. The molecule has 0 atom stereocenters. The number of nitrogens with zero attached hydrogens (tertiary/aromatic N) is 1. The molecule has 2 amide bonds. The van der Waals surface area contributed by atoms with Gasteiger partial charge in [0, 0.05) is 30.9 Å². The summed E-state index contributed by atoms with van der Waals surface area (Å²) in [6.07, 6.45) is -1.44. The van der Waals surface area contributed by atoms with E-state index in [1.807, 2.05) is 0 Å². The first kappa shape index (κ1) is 22.2. The highest BCUT2D eigenvalue weighted by Gasteiger charge is 2.12. The summed E-state index contributed by atoms with van der Waals surface area (Å²) in [5.41, 5.74) is -0.0104. The Morgan fingerprint density at radius 1 is 1.24 bits per heavy atom. The van der Waals surface area contributed by atoms with Crippen molar-refractivity contribution in [2.24, 2.45) is 0 Å². The summed E-state index contributed by atoms with van der Waals surface area (Å²) < 4.78 is 43.3. The SMILES string of the molecule is C=C(CCNC(=O)COc1ccc(Cl)c(F)c1)NC(=O)c1ccc(C(F)F)nc1. The van der Waals surface area contributed by atoms with Crippen LogP contribution in [0, 0.1) is 5.82 Å². The third-order valence-corrected chi connectivity index (χ3v) is 3.88. The summed E-state index contributed by atoms with van der Waals surface area (Å²) >= 11 is 5.55. The molecule has 0 bridgehead atoms. The molecule has 0 saturated heterocycles. The van der Waals surface area contributed by atoms with Gasteiger partial charge in [-0.3, -0.25) is 14.6 Å². The number of nitrogens with one attached hydrogen (secondary N) is 2. The number of hydrogen-bond donors (Lipinski definition) is 2. The van der Waals surface area contributed by atoms with Gasteiger partial charge in [-0.25, -0.2) is 13.2 Å². The predicted molar refractivity (Wildman–Crippen MR) is 100 cm³/mol. The summed E-state index contributed by atoms with van der Waals surface area (Å²) in [5.74, 6) is -1.50. The lowest BCUT2D eigenvalue weighted by atomic mass is 10.2. The molecule has 1 aromatic heterocycles. The number of halogens is 4. The minimum atomic E-state index is -2.71. The van der Waals surface area contributed by atoms with E-state index in [-0.39, 0.29) is 35.9 Å². The van der Waals surface area contributed by atoms with Gasteiger partial charge in [0.1, 0.15) is 17.3 Å². The number of alkyl halides is 2. The van der Waals surface area contributed by atoms with Gasteiger partial charge in [0.25, 0.3) is 18.2 Å². The fourth-order valence-electron chi connectivity index (χ4n) is 2.08. The lowest BCUT2D eigenvalue weighted by Gasteiger charge is -2.10. The number of amides is 2. The summed E-state index contributed by atoms with van der Waals surface area (Å²) in [6, 6.07) is 6.10. The molecule has 0 unspecified atom stereocenters. The summed E-state index contributed by atoms with van der Waals surface area (Å²) in [5, 5.41) is 4.99. The van der Waals surface area contributed by atoms with Crippen LogP contribution in [0.2, 0.25) is 5.02 Å². The Balaban J connectivity index is 1.69. The number of rotatable bonds is 9. The average molecular weight is 428 g/mol. The fraction of sp³-hybridized carbons (Fsp3) is 0.211. The van der Waals surface area contributed by atoms with Crippen LogP contribution in [0.5, 0.6) is 5.75 Å². The van der Waals surface area contributed by atoms with Gasteiger partial charge < -0.3 is 15.4 Å². The van der Waals surface area contributed by atoms with Crippen LogP contribution in [0.4, 0.5) is 13.2 Å². The number of carbonyl (C=O) groups excluding carboxylic acids is 2. The topological polar surface area (TPSA) is 80.3 Å². The molecule has 2 N–H and O–H groups in total. The van der Waals surface area contributed by atoms with Crippen LogP contribution >= 0.6 is 11.6 Å². The van der Waals surface area contributed by atoms with Gasteiger partial charge in [-0.15, -0.1) is 0 Å². The van der Waals surface area contributed by atoms with Crippen molar-refractivity contribution in [3.8, 4) is 5.75 Å². The van der Waals surface area contributed by atoms with Crippen molar-refractivity contribution in [3.63, 3.8) is 0 Å². The first-order valence-electron chi connectivity index (χ1n) is 8.34. The number of carbonyl (C=O) groups is 2. The number of aromatic nitrogens is 1. The number of ether oxygens (including phenoxy) is 1. The van der Waals surface area contributed by atoms with Crippen molar-refractivity contribution in [2.45, 2.75) is 12.8 Å². The van der Waals surface area contributed by atoms with Crippen LogP contribution in [-0.2, 0) is 4.79 Å². The van der Waals surface area contributed by atoms with Gasteiger partial charge in [0.05, 0.1) is 10.6 Å². The van der Waals surface area contributed by atoms with Crippen LogP contribution in [0.3, 0.4) is 0 Å². The van der Waals surface area contributed by atoms with E-state index in [0.29, 0.717) is 5.70 Å². The molecule has 10 heteroatoms. The van der Waals surface area contributed by atoms with E-state index in [1.165, 1.54) is 18.2 Å². The van der Waals surface area contributed by atoms with Crippen LogP contribution in [0.15, 0.2) is 48.8 Å². The molecule has 0 aliphatic carbocycles. The second-order valence-electron chi connectivity index (χ2n) is 5.79. The zero-order chi connectivity index (χ0) is 21.4. The standard InChI is InChI=1S/C19H17ClF3N3O3/c1-11(26-19(28)12-2-5-16(18(22)23)25-9-12)6-7-24-17(27)10-29-13-3-4-14(20)15(21)8-13/h2-5,8-9,18H,1,6-7,10H2,(H,24,27)(H,26,28). The van der Waals surface area contributed by atoms with Gasteiger partial charge in [-0.05, 0) is 24.3 Å². The van der Waals surface area contributed by atoms with Crippen LogP contribution in [-0.4, -0.2) is 29.9 Å². The van der Waals surface area contributed by atoms with Crippen molar-refractivity contribution in [1.29, 1.82) is 0 Å². The minimum Gasteiger partial charge on any atom is -0.484 e. The third-order valence-electron chi connectivity index (χ3n) is 3.57. The Bertz CT molecular complexity index is 892. The predicted octanol–water partition coefficient (Wildman–Crippen LogP) is 3.64. The highest BCUT2D eigenvalue weighted by atomic mass is 35.5. The smallest absolute Gasteiger partial charge is 0.280 e. The molecule has 0 saturated carbocycles. The molecule has 2 aromatic rings. The zero-order valence-electron chi connectivity index (χ0n) is 15.1. The van der Waals surface area contributed by atoms with E-state index in [0.717, 1.165) is 18.3 Å². The van der Waals surface area contributed by atoms with E-state index in [1.54, 1.807) is 0 Å². The number of pyridine rings is 1. The molecule has 2 rings (SSSR count). The molecule has 0 aliphatic heterocycles. The van der Waals surface area contributed by atoms with E-state index in [4.69, 9.17) is 16.3 Å². The van der Waals surface area contributed by atoms with Crippen LogP contribution in [0.25, 0.3) is 0 Å². The molecule has 6 nitrogen and oxygen atoms in total. The van der Waals surface area contributed by atoms with E-state index >= 15 is 0 Å². The Morgan fingerprint density at radius 2 is 2.00 bits per heavy atom. The van der Waals surface area contributed by atoms with Crippen molar-refractivity contribution < 1.29 is 27.5 Å². The van der Waals surface area contributed by atoms with Crippen LogP contribution in [0.1, 0.15) is 28.9 Å². The fourth-order valence-corrected chi connectivity index (χ4v) is 2.20. The largest absolute Gasteiger partial charge is 0.484 e. The monoisotopic (exact) mass is 427 g/mol. The first-order valence-corrected chi connectivity index (χ1v) is 8.72. The van der Waals surface area contributed by atoms with Crippen molar-refractivity contribution in [3.05, 3.63) is 70.9 Å². The summed E-state index contributed by atoms with van der Waals surface area (Å²) in [7, 11) is 0. The van der Waals surface area contributed by atoms with Gasteiger partial charge >= 0.3 is 0 Å². The first-order chi connectivity index (χ1) is 13.8. The molecular formula is C19H17ClF3N3O3. The van der Waals surface area contributed by atoms with Gasteiger partial charge in [0.2, 0.25) is 0 Å². The maximum absolute atomic E-state index is 13.3. The van der Waals surface area contributed by atoms with E-state index in [2.05, 4.69) is 22.2 Å². The average Bonchev–Trinajstić information content (AvgIpc) is 2.69. The molecule has 29 heavy (non-hydrogen) atoms. The maximum Gasteiger partial charge on any atom is 0.280 e. The van der Waals surface area contributed by atoms with E-state index in [9.17, 15) is 22.8 Å². The van der Waals surface area contributed by atoms with Crippen molar-refractivity contribution >= 4 is 23.4 Å². The lowest BCUT2D eigenvalue weighted by molar-refractivity contribution is -0.123. The highest BCUT2D eigenvalue weighted by Crippen LogP contribution is 2.20. The van der Waals surface area contributed by atoms with Crippen molar-refractivity contribution in [2.75, 3.05) is 13.2 Å². The highest BCUT2D eigenvalue weighted by molar-refractivity contribution is 6.30. The lowest BCUT2D eigenvalue weighted by Crippen LogP contribution is -2.31. The molecule has 0 aliphatic rings. The van der Waals surface area contributed by atoms with Gasteiger partial charge in [-0.1, -0.05) is 18.2 Å². The van der Waals surface area contributed by atoms with Gasteiger partial charge in [0.15, 0.2) is 6.61 Å². The zero-order valence-corrected chi connectivity index (χ0v) is 15.8. The summed E-state index contributed by atoms with van der Waals surface area (Å²) in [4.78, 5) is 27.2. The molecular weight excluding hydrogens is 411 g/mol. The minimum absolute atomic E-state index is 0.0527. The molecule has 1 heterocycles. The van der Waals surface area contributed by atoms with Crippen LogP contribution < -0.4 is 15.4 Å². The molecule has 154 valence electrons. The van der Waals surface area contributed by atoms with E-state index < -0.39 is 29.8 Å². The third kappa shape index (κ3) is 7.11.